The average Bonchev–Trinajstić information content (AvgIpc) is 2.52. The van der Waals surface area contributed by atoms with Crippen molar-refractivity contribution in [3.8, 4) is 5.75 Å². The molecule has 1 atom stereocenters. The Labute approximate surface area is 135 Å². The first kappa shape index (κ1) is 18.1. The number of hydrogen-bond acceptors (Lipinski definition) is 3. The monoisotopic (exact) mass is 330 g/mol. The van der Waals surface area contributed by atoms with Crippen LogP contribution in [0.2, 0.25) is 0 Å². The molecule has 0 saturated carbocycles. The van der Waals surface area contributed by atoms with E-state index in [2.05, 4.69) is 5.32 Å². The van der Waals surface area contributed by atoms with Crippen LogP contribution in [0.5, 0.6) is 5.75 Å². The molecule has 3 nitrogen and oxygen atoms in total. The van der Waals surface area contributed by atoms with Gasteiger partial charge in [-0.2, -0.15) is 13.2 Å². The number of nitrogens with zero attached hydrogens (tertiary/aromatic N) is 1. The summed E-state index contributed by atoms with van der Waals surface area (Å²) in [5.74, 6) is 0.788. The van der Waals surface area contributed by atoms with Gasteiger partial charge in [0.15, 0.2) is 0 Å². The molecule has 1 aromatic carbocycles. The molecule has 2 rings (SSSR count). The van der Waals surface area contributed by atoms with Crippen LogP contribution in [-0.2, 0) is 0 Å². The molecule has 0 aromatic heterocycles. The van der Waals surface area contributed by atoms with Crippen molar-refractivity contribution in [3.63, 3.8) is 0 Å². The van der Waals surface area contributed by atoms with E-state index in [1.54, 1.807) is 6.07 Å². The van der Waals surface area contributed by atoms with Crippen molar-refractivity contribution in [2.45, 2.75) is 38.4 Å². The lowest BCUT2D eigenvalue weighted by molar-refractivity contribution is -0.148. The molecule has 1 aliphatic rings. The summed E-state index contributed by atoms with van der Waals surface area (Å²) in [7, 11) is 1.51. The summed E-state index contributed by atoms with van der Waals surface area (Å²) in [6.45, 7) is 6.71. The van der Waals surface area contributed by atoms with Crippen LogP contribution < -0.4 is 10.1 Å². The number of piperazine rings is 1. The maximum Gasteiger partial charge on any atom is 0.390 e. The number of alkyl halides is 3. The SMILES string of the molecule is COc1ccc(C(C)C)cc1[C@@H](CC(F)(F)F)N1CCNCC1. The number of halogens is 3. The largest absolute Gasteiger partial charge is 0.496 e. The predicted molar refractivity (Wildman–Crippen MR) is 84.9 cm³/mol. The van der Waals surface area contributed by atoms with Crippen molar-refractivity contribution in [1.82, 2.24) is 10.2 Å². The summed E-state index contributed by atoms with van der Waals surface area (Å²) in [5, 5.41) is 3.19. The highest BCUT2D eigenvalue weighted by Gasteiger charge is 2.37. The Morgan fingerprint density at radius 1 is 1.22 bits per heavy atom. The van der Waals surface area contributed by atoms with Crippen LogP contribution in [0.25, 0.3) is 0 Å². The summed E-state index contributed by atoms with van der Waals surface area (Å²) in [6, 6.07) is 4.89. The van der Waals surface area contributed by atoms with Crippen LogP contribution in [-0.4, -0.2) is 44.4 Å². The van der Waals surface area contributed by atoms with Crippen LogP contribution >= 0.6 is 0 Å². The third-order valence-electron chi connectivity index (χ3n) is 4.30. The predicted octanol–water partition coefficient (Wildman–Crippen LogP) is 3.72. The summed E-state index contributed by atoms with van der Waals surface area (Å²) < 4.78 is 44.8. The highest BCUT2D eigenvalue weighted by molar-refractivity contribution is 5.40. The zero-order valence-electron chi connectivity index (χ0n) is 13.9. The Bertz CT molecular complexity index is 511. The van der Waals surface area contributed by atoms with Gasteiger partial charge < -0.3 is 10.1 Å². The summed E-state index contributed by atoms with van der Waals surface area (Å²) in [5.41, 5.74) is 1.67. The van der Waals surface area contributed by atoms with E-state index in [1.807, 2.05) is 30.9 Å². The number of ether oxygens (including phenoxy) is 1. The van der Waals surface area contributed by atoms with Crippen LogP contribution in [0.4, 0.5) is 13.2 Å². The summed E-state index contributed by atoms with van der Waals surface area (Å²) in [6.07, 6.45) is -5.07. The van der Waals surface area contributed by atoms with E-state index in [4.69, 9.17) is 4.74 Å². The molecular formula is C17H25F3N2O. The summed E-state index contributed by atoms with van der Waals surface area (Å²) in [4.78, 5) is 1.91. The van der Waals surface area contributed by atoms with E-state index in [9.17, 15) is 13.2 Å². The van der Waals surface area contributed by atoms with E-state index in [0.29, 0.717) is 37.5 Å². The molecule has 1 aromatic rings. The molecule has 23 heavy (non-hydrogen) atoms. The first-order valence-corrected chi connectivity index (χ1v) is 8.01. The van der Waals surface area contributed by atoms with Gasteiger partial charge in [0, 0.05) is 37.8 Å². The van der Waals surface area contributed by atoms with Crippen molar-refractivity contribution in [3.05, 3.63) is 29.3 Å². The molecule has 6 heteroatoms. The van der Waals surface area contributed by atoms with Gasteiger partial charge in [0.2, 0.25) is 0 Å². The molecule has 1 heterocycles. The molecule has 1 N–H and O–H groups in total. The molecule has 1 aliphatic heterocycles. The standard InChI is InChI=1S/C17H25F3N2O/c1-12(2)13-4-5-16(23-3)14(10-13)15(11-17(18,19)20)22-8-6-21-7-9-22/h4-5,10,12,15,21H,6-9,11H2,1-3H3/t15-/m1/s1. The van der Waals surface area contributed by atoms with E-state index in [0.717, 1.165) is 5.56 Å². The first-order valence-electron chi connectivity index (χ1n) is 8.01. The molecule has 0 bridgehead atoms. The van der Waals surface area contributed by atoms with E-state index >= 15 is 0 Å². The van der Waals surface area contributed by atoms with Gasteiger partial charge in [0.1, 0.15) is 5.75 Å². The minimum absolute atomic E-state index is 0.259. The second kappa shape index (κ2) is 7.53. The Hall–Kier alpha value is -1.27. The summed E-state index contributed by atoms with van der Waals surface area (Å²) >= 11 is 0. The zero-order valence-corrected chi connectivity index (χ0v) is 13.9. The highest BCUT2D eigenvalue weighted by atomic mass is 19.4. The van der Waals surface area contributed by atoms with Gasteiger partial charge in [-0.15, -0.1) is 0 Å². The second-order valence-electron chi connectivity index (χ2n) is 6.28. The number of hydrogen-bond donors (Lipinski definition) is 1. The molecule has 130 valence electrons. The number of benzene rings is 1. The lowest BCUT2D eigenvalue weighted by Crippen LogP contribution is -2.46. The fraction of sp³-hybridized carbons (Fsp3) is 0.647. The number of rotatable bonds is 5. The van der Waals surface area contributed by atoms with Crippen molar-refractivity contribution in [2.75, 3.05) is 33.3 Å². The fourth-order valence-electron chi connectivity index (χ4n) is 3.02. The second-order valence-corrected chi connectivity index (χ2v) is 6.28. The van der Waals surface area contributed by atoms with E-state index in [1.165, 1.54) is 7.11 Å². The first-order chi connectivity index (χ1) is 10.8. The molecule has 0 radical (unpaired) electrons. The van der Waals surface area contributed by atoms with Gasteiger partial charge in [-0.1, -0.05) is 26.0 Å². The molecular weight excluding hydrogens is 305 g/mol. The van der Waals surface area contributed by atoms with Gasteiger partial charge >= 0.3 is 6.18 Å². The molecule has 0 spiro atoms. The Morgan fingerprint density at radius 2 is 1.87 bits per heavy atom. The van der Waals surface area contributed by atoms with Gasteiger partial charge in [0.25, 0.3) is 0 Å². The van der Waals surface area contributed by atoms with Gasteiger partial charge in [-0.3, -0.25) is 4.90 Å². The van der Waals surface area contributed by atoms with Crippen LogP contribution in [0.3, 0.4) is 0 Å². The molecule has 0 aliphatic carbocycles. The maximum atomic E-state index is 13.2. The smallest absolute Gasteiger partial charge is 0.390 e. The normalized spacial score (nSPS) is 18.2. The minimum atomic E-state index is -4.21. The molecule has 1 saturated heterocycles. The third kappa shape index (κ3) is 4.85. The molecule has 0 amide bonds. The fourth-order valence-corrected chi connectivity index (χ4v) is 3.02. The lowest BCUT2D eigenvalue weighted by atomic mass is 9.94. The third-order valence-corrected chi connectivity index (χ3v) is 4.30. The van der Waals surface area contributed by atoms with Crippen molar-refractivity contribution in [2.24, 2.45) is 0 Å². The Kier molecular flexibility index (Phi) is 5.92. The van der Waals surface area contributed by atoms with Gasteiger partial charge in [0.05, 0.1) is 13.5 Å². The van der Waals surface area contributed by atoms with Gasteiger partial charge in [-0.25, -0.2) is 0 Å². The quantitative estimate of drug-likeness (QED) is 0.890. The highest BCUT2D eigenvalue weighted by Crippen LogP contribution is 2.39. The molecule has 1 fully saturated rings. The number of nitrogens with one attached hydrogen (secondary N) is 1. The lowest BCUT2D eigenvalue weighted by Gasteiger charge is -2.36. The van der Waals surface area contributed by atoms with Crippen molar-refractivity contribution < 1.29 is 17.9 Å². The van der Waals surface area contributed by atoms with Crippen molar-refractivity contribution in [1.29, 1.82) is 0 Å². The van der Waals surface area contributed by atoms with Crippen LogP contribution in [0, 0.1) is 0 Å². The maximum absolute atomic E-state index is 13.2. The Balaban J connectivity index is 2.41. The van der Waals surface area contributed by atoms with Crippen molar-refractivity contribution >= 4 is 0 Å². The number of methoxy groups -OCH3 is 1. The van der Waals surface area contributed by atoms with Gasteiger partial charge in [-0.05, 0) is 17.5 Å². The van der Waals surface area contributed by atoms with Crippen LogP contribution in [0.15, 0.2) is 18.2 Å². The Morgan fingerprint density at radius 3 is 2.39 bits per heavy atom. The molecule has 0 unspecified atom stereocenters. The van der Waals surface area contributed by atoms with Crippen LogP contribution in [0.1, 0.15) is 43.4 Å². The topological polar surface area (TPSA) is 24.5 Å². The average molecular weight is 330 g/mol. The van der Waals surface area contributed by atoms with E-state index in [-0.39, 0.29) is 5.92 Å². The minimum Gasteiger partial charge on any atom is -0.496 e. The van der Waals surface area contributed by atoms with E-state index < -0.39 is 18.6 Å². The zero-order chi connectivity index (χ0) is 17.0.